The normalized spacial score (nSPS) is 16.0. The molecule has 2 aromatic rings. The first-order chi connectivity index (χ1) is 11.8. The van der Waals surface area contributed by atoms with Crippen LogP contribution in [-0.2, 0) is 0 Å². The SMILES string of the molecule is CCOc1ccccc1C(=O)NC[C@H](c1cccs1)N1CCCC1. The molecule has 1 amide bonds. The Labute approximate surface area is 147 Å². The minimum absolute atomic E-state index is 0.0696. The molecular weight excluding hydrogens is 320 g/mol. The number of benzene rings is 1. The second-order valence-corrected chi connectivity index (χ2v) is 6.89. The van der Waals surface area contributed by atoms with Gasteiger partial charge in [-0.15, -0.1) is 11.3 Å². The van der Waals surface area contributed by atoms with Gasteiger partial charge in [-0.1, -0.05) is 18.2 Å². The van der Waals surface area contributed by atoms with E-state index in [0.29, 0.717) is 24.5 Å². The van der Waals surface area contributed by atoms with Gasteiger partial charge in [0.25, 0.3) is 5.91 Å². The van der Waals surface area contributed by atoms with Crippen molar-refractivity contribution >= 4 is 17.2 Å². The van der Waals surface area contributed by atoms with Gasteiger partial charge in [0.15, 0.2) is 0 Å². The molecule has 5 heteroatoms. The predicted molar refractivity (Wildman–Crippen MR) is 97.8 cm³/mol. The predicted octanol–water partition coefficient (Wildman–Crippen LogP) is 3.71. The fraction of sp³-hybridized carbons (Fsp3) is 0.421. The van der Waals surface area contributed by atoms with Gasteiger partial charge >= 0.3 is 0 Å². The Bertz CT molecular complexity index is 651. The van der Waals surface area contributed by atoms with Crippen LogP contribution in [0.5, 0.6) is 5.75 Å². The number of para-hydroxylation sites is 1. The average Bonchev–Trinajstić information content (AvgIpc) is 3.30. The van der Waals surface area contributed by atoms with E-state index in [2.05, 4.69) is 27.7 Å². The smallest absolute Gasteiger partial charge is 0.255 e. The monoisotopic (exact) mass is 344 g/mol. The lowest BCUT2D eigenvalue weighted by Gasteiger charge is -2.27. The summed E-state index contributed by atoms with van der Waals surface area (Å²) in [4.78, 5) is 16.4. The van der Waals surface area contributed by atoms with Crippen LogP contribution in [0, 0.1) is 0 Å². The molecule has 1 saturated heterocycles. The molecule has 0 saturated carbocycles. The summed E-state index contributed by atoms with van der Waals surface area (Å²) in [5.41, 5.74) is 0.603. The molecule has 1 N–H and O–H groups in total. The highest BCUT2D eigenvalue weighted by molar-refractivity contribution is 7.10. The van der Waals surface area contributed by atoms with Crippen LogP contribution >= 0.6 is 11.3 Å². The van der Waals surface area contributed by atoms with Crippen molar-refractivity contribution in [2.45, 2.75) is 25.8 Å². The number of likely N-dealkylation sites (tertiary alicyclic amines) is 1. The van der Waals surface area contributed by atoms with Gasteiger partial charge in [-0.05, 0) is 56.4 Å². The molecule has 24 heavy (non-hydrogen) atoms. The zero-order valence-electron chi connectivity index (χ0n) is 14.0. The van der Waals surface area contributed by atoms with E-state index in [0.717, 1.165) is 13.1 Å². The molecule has 0 unspecified atom stereocenters. The van der Waals surface area contributed by atoms with Crippen LogP contribution in [0.2, 0.25) is 0 Å². The first-order valence-corrected chi connectivity index (χ1v) is 9.45. The zero-order chi connectivity index (χ0) is 16.8. The van der Waals surface area contributed by atoms with Crippen LogP contribution < -0.4 is 10.1 Å². The van der Waals surface area contributed by atoms with E-state index >= 15 is 0 Å². The number of nitrogens with one attached hydrogen (secondary N) is 1. The standard InChI is InChI=1S/C19H24N2O2S/c1-2-23-17-9-4-3-8-15(17)19(22)20-14-16(18-10-7-13-24-18)21-11-5-6-12-21/h3-4,7-10,13,16H,2,5-6,11-12,14H2,1H3,(H,20,22)/t16-/m1/s1. The first kappa shape index (κ1) is 17.0. The molecule has 0 spiro atoms. The van der Waals surface area contributed by atoms with E-state index < -0.39 is 0 Å². The fourth-order valence-corrected chi connectivity index (χ4v) is 4.02. The molecular formula is C19H24N2O2S. The van der Waals surface area contributed by atoms with Gasteiger partial charge < -0.3 is 10.1 Å². The van der Waals surface area contributed by atoms with E-state index in [-0.39, 0.29) is 11.9 Å². The summed E-state index contributed by atoms with van der Waals surface area (Å²) in [5.74, 6) is 0.575. The molecule has 1 fully saturated rings. The number of amides is 1. The largest absolute Gasteiger partial charge is 0.493 e. The Morgan fingerprint density at radius 1 is 1.25 bits per heavy atom. The molecule has 1 aromatic heterocycles. The van der Waals surface area contributed by atoms with Crippen LogP contribution in [0.3, 0.4) is 0 Å². The van der Waals surface area contributed by atoms with E-state index in [1.54, 1.807) is 11.3 Å². The van der Waals surface area contributed by atoms with Gasteiger partial charge in [0.2, 0.25) is 0 Å². The maximum atomic E-state index is 12.6. The molecule has 1 aliphatic heterocycles. The highest BCUT2D eigenvalue weighted by Crippen LogP contribution is 2.28. The lowest BCUT2D eigenvalue weighted by molar-refractivity contribution is 0.0934. The van der Waals surface area contributed by atoms with Crippen LogP contribution in [0.4, 0.5) is 0 Å². The van der Waals surface area contributed by atoms with Gasteiger partial charge in [0.1, 0.15) is 5.75 Å². The summed E-state index contributed by atoms with van der Waals surface area (Å²) in [6.07, 6.45) is 2.48. The number of hydrogen-bond acceptors (Lipinski definition) is 4. The van der Waals surface area contributed by atoms with Gasteiger partial charge in [-0.25, -0.2) is 0 Å². The third-order valence-corrected chi connectivity index (χ3v) is 5.31. The molecule has 2 heterocycles. The van der Waals surface area contributed by atoms with E-state index in [1.807, 2.05) is 31.2 Å². The molecule has 1 atom stereocenters. The Balaban J connectivity index is 1.69. The van der Waals surface area contributed by atoms with E-state index in [4.69, 9.17) is 4.74 Å². The second kappa shape index (κ2) is 8.31. The topological polar surface area (TPSA) is 41.6 Å². The molecule has 1 aliphatic rings. The minimum Gasteiger partial charge on any atom is -0.493 e. The van der Waals surface area contributed by atoms with E-state index in [1.165, 1.54) is 17.7 Å². The average molecular weight is 344 g/mol. The first-order valence-electron chi connectivity index (χ1n) is 8.57. The molecule has 128 valence electrons. The highest BCUT2D eigenvalue weighted by atomic mass is 32.1. The summed E-state index contributed by atoms with van der Waals surface area (Å²) in [5, 5.41) is 5.21. The highest BCUT2D eigenvalue weighted by Gasteiger charge is 2.25. The van der Waals surface area contributed by atoms with Crippen molar-refractivity contribution in [3.05, 3.63) is 52.2 Å². The van der Waals surface area contributed by atoms with Crippen molar-refractivity contribution < 1.29 is 9.53 Å². The number of ether oxygens (including phenoxy) is 1. The molecule has 1 aromatic carbocycles. The quantitative estimate of drug-likeness (QED) is 0.832. The van der Waals surface area contributed by atoms with Gasteiger partial charge in [-0.2, -0.15) is 0 Å². The molecule has 0 aliphatic carbocycles. The maximum absolute atomic E-state index is 12.6. The Hall–Kier alpha value is -1.85. The van der Waals surface area contributed by atoms with E-state index in [9.17, 15) is 4.79 Å². The summed E-state index contributed by atoms with van der Waals surface area (Å²) in [7, 11) is 0. The summed E-state index contributed by atoms with van der Waals surface area (Å²) in [6, 6.07) is 11.9. The third-order valence-electron chi connectivity index (χ3n) is 4.34. The number of carbonyl (C=O) groups excluding carboxylic acids is 1. The van der Waals surface area contributed by atoms with Crippen LogP contribution in [-0.4, -0.2) is 37.0 Å². The number of nitrogens with zero attached hydrogens (tertiary/aromatic N) is 1. The van der Waals surface area contributed by atoms with Crippen LogP contribution in [0.15, 0.2) is 41.8 Å². The van der Waals surface area contributed by atoms with Gasteiger partial charge in [-0.3, -0.25) is 9.69 Å². The second-order valence-electron chi connectivity index (χ2n) is 5.91. The summed E-state index contributed by atoms with van der Waals surface area (Å²) < 4.78 is 5.57. The van der Waals surface area contributed by atoms with Crippen molar-refractivity contribution in [1.29, 1.82) is 0 Å². The minimum atomic E-state index is -0.0696. The van der Waals surface area contributed by atoms with Gasteiger partial charge in [0, 0.05) is 11.4 Å². The van der Waals surface area contributed by atoms with Crippen LogP contribution in [0.25, 0.3) is 0 Å². The van der Waals surface area contributed by atoms with Crippen molar-refractivity contribution in [1.82, 2.24) is 10.2 Å². The number of thiophene rings is 1. The molecule has 4 nitrogen and oxygen atoms in total. The Morgan fingerprint density at radius 2 is 2.04 bits per heavy atom. The summed E-state index contributed by atoms with van der Waals surface area (Å²) in [6.45, 7) is 5.31. The van der Waals surface area contributed by atoms with Crippen molar-refractivity contribution in [3.8, 4) is 5.75 Å². The van der Waals surface area contributed by atoms with Crippen LogP contribution in [0.1, 0.15) is 41.0 Å². The summed E-state index contributed by atoms with van der Waals surface area (Å²) >= 11 is 1.76. The van der Waals surface area contributed by atoms with Gasteiger partial charge in [0.05, 0.1) is 18.2 Å². The fourth-order valence-electron chi connectivity index (χ4n) is 3.16. The maximum Gasteiger partial charge on any atom is 0.255 e. The zero-order valence-corrected chi connectivity index (χ0v) is 14.8. The number of hydrogen-bond donors (Lipinski definition) is 1. The lowest BCUT2D eigenvalue weighted by atomic mass is 10.1. The van der Waals surface area contributed by atoms with Crippen molar-refractivity contribution in [3.63, 3.8) is 0 Å². The Kier molecular flexibility index (Phi) is 5.88. The Morgan fingerprint density at radius 3 is 2.75 bits per heavy atom. The molecule has 0 radical (unpaired) electrons. The van der Waals surface area contributed by atoms with Crippen molar-refractivity contribution in [2.24, 2.45) is 0 Å². The number of carbonyl (C=O) groups is 1. The lowest BCUT2D eigenvalue weighted by Crippen LogP contribution is -2.36. The molecule has 0 bridgehead atoms. The van der Waals surface area contributed by atoms with Crippen molar-refractivity contribution in [2.75, 3.05) is 26.2 Å². The number of rotatable bonds is 7. The molecule has 3 rings (SSSR count). The third kappa shape index (κ3) is 3.97.